The number of hydrogen-bond acceptors (Lipinski definition) is 3. The number of nitrogens with one attached hydrogen (secondary N) is 1. The highest BCUT2D eigenvalue weighted by Gasteiger charge is 2.12. The highest BCUT2D eigenvalue weighted by Crippen LogP contribution is 2.36. The van der Waals surface area contributed by atoms with Crippen LogP contribution in [0.3, 0.4) is 0 Å². The fourth-order valence-corrected chi connectivity index (χ4v) is 4.36. The van der Waals surface area contributed by atoms with Gasteiger partial charge in [0.1, 0.15) is 18.5 Å². The van der Waals surface area contributed by atoms with Crippen molar-refractivity contribution in [2.24, 2.45) is 0 Å². The first-order valence-corrected chi connectivity index (χ1v) is 11.3. The molecule has 31 heavy (non-hydrogen) atoms. The van der Waals surface area contributed by atoms with Crippen molar-refractivity contribution in [1.82, 2.24) is 9.97 Å². The van der Waals surface area contributed by atoms with E-state index < -0.39 is 0 Å². The molecule has 0 aliphatic rings. The third-order valence-electron chi connectivity index (χ3n) is 4.64. The number of fused-ring (bicyclic) bond motifs is 1. The van der Waals surface area contributed by atoms with E-state index >= 15 is 0 Å². The van der Waals surface area contributed by atoms with Crippen LogP contribution in [0, 0.1) is 18.3 Å². The summed E-state index contributed by atoms with van der Waals surface area (Å²) in [4.78, 5) is 7.75. The Morgan fingerprint density at radius 2 is 1.94 bits per heavy atom. The van der Waals surface area contributed by atoms with E-state index in [1.807, 2.05) is 55.5 Å². The van der Waals surface area contributed by atoms with Crippen LogP contribution < -0.4 is 4.74 Å². The lowest BCUT2D eigenvalue weighted by atomic mass is 10.1. The van der Waals surface area contributed by atoms with Gasteiger partial charge in [-0.25, -0.2) is 4.98 Å². The highest BCUT2D eigenvalue weighted by atomic mass is 79.9. The van der Waals surface area contributed by atoms with Gasteiger partial charge in [0.05, 0.1) is 26.1 Å². The second kappa shape index (κ2) is 9.27. The van der Waals surface area contributed by atoms with Gasteiger partial charge in [0, 0.05) is 4.47 Å². The highest BCUT2D eigenvalue weighted by molar-refractivity contribution is 9.10. The molecule has 7 heteroatoms. The van der Waals surface area contributed by atoms with Crippen molar-refractivity contribution < 1.29 is 4.74 Å². The molecule has 154 valence electrons. The minimum absolute atomic E-state index is 0.392. The number of imidazole rings is 1. The maximum absolute atomic E-state index is 9.69. The van der Waals surface area contributed by atoms with Crippen LogP contribution in [0.2, 0.25) is 5.02 Å². The number of halogens is 3. The van der Waals surface area contributed by atoms with Crippen molar-refractivity contribution in [3.63, 3.8) is 0 Å². The van der Waals surface area contributed by atoms with E-state index in [1.54, 1.807) is 12.1 Å². The van der Waals surface area contributed by atoms with Crippen molar-refractivity contribution in [2.45, 2.75) is 13.5 Å². The minimum atomic E-state index is 0.392. The maximum atomic E-state index is 9.69. The van der Waals surface area contributed by atoms with E-state index in [9.17, 15) is 5.26 Å². The summed E-state index contributed by atoms with van der Waals surface area (Å²) in [6.07, 6.45) is 1.75. The van der Waals surface area contributed by atoms with Crippen molar-refractivity contribution in [3.8, 4) is 11.8 Å². The van der Waals surface area contributed by atoms with Gasteiger partial charge in [-0.05, 0) is 82.0 Å². The molecular formula is C24H16Br2ClN3O. The van der Waals surface area contributed by atoms with Crippen molar-refractivity contribution in [1.29, 1.82) is 5.26 Å². The molecule has 0 spiro atoms. The number of nitriles is 1. The molecule has 0 aliphatic heterocycles. The topological polar surface area (TPSA) is 61.7 Å². The molecule has 4 nitrogen and oxygen atoms in total. The van der Waals surface area contributed by atoms with E-state index in [-0.39, 0.29) is 0 Å². The summed E-state index contributed by atoms with van der Waals surface area (Å²) in [5, 5.41) is 10.1. The molecule has 4 rings (SSSR count). The van der Waals surface area contributed by atoms with Gasteiger partial charge in [-0.2, -0.15) is 5.26 Å². The molecule has 0 amide bonds. The molecule has 0 aliphatic carbocycles. The van der Waals surface area contributed by atoms with Gasteiger partial charge in [0.15, 0.2) is 5.75 Å². The Bertz CT molecular complexity index is 1310. The number of aromatic amines is 1. The van der Waals surface area contributed by atoms with Crippen LogP contribution in [-0.4, -0.2) is 9.97 Å². The third kappa shape index (κ3) is 5.01. The van der Waals surface area contributed by atoms with Crippen LogP contribution in [-0.2, 0) is 6.61 Å². The number of H-pyrrole nitrogens is 1. The van der Waals surface area contributed by atoms with Gasteiger partial charge in [-0.1, -0.05) is 45.7 Å². The number of nitrogens with zero attached hydrogens (tertiary/aromatic N) is 2. The Labute approximate surface area is 201 Å². The van der Waals surface area contributed by atoms with Crippen LogP contribution in [0.1, 0.15) is 22.5 Å². The molecule has 0 saturated carbocycles. The fourth-order valence-electron chi connectivity index (χ4n) is 3.11. The van der Waals surface area contributed by atoms with Crippen LogP contribution >= 0.6 is 43.5 Å². The molecule has 1 N–H and O–H groups in total. The molecule has 3 aromatic carbocycles. The molecule has 1 heterocycles. The van der Waals surface area contributed by atoms with Crippen molar-refractivity contribution in [3.05, 3.63) is 91.1 Å². The molecule has 1 aromatic heterocycles. The van der Waals surface area contributed by atoms with Crippen molar-refractivity contribution >= 4 is 66.1 Å². The van der Waals surface area contributed by atoms with E-state index in [0.29, 0.717) is 33.2 Å². The first-order valence-electron chi connectivity index (χ1n) is 9.38. The lowest BCUT2D eigenvalue weighted by Crippen LogP contribution is -1.97. The summed E-state index contributed by atoms with van der Waals surface area (Å²) in [5.41, 5.74) is 5.05. The van der Waals surface area contributed by atoms with E-state index in [2.05, 4.69) is 47.9 Å². The van der Waals surface area contributed by atoms with Crippen LogP contribution in [0.5, 0.6) is 5.75 Å². The summed E-state index contributed by atoms with van der Waals surface area (Å²) < 4.78 is 7.64. The average molecular weight is 558 g/mol. The zero-order valence-corrected chi connectivity index (χ0v) is 20.3. The Morgan fingerprint density at radius 3 is 2.65 bits per heavy atom. The Hall–Kier alpha value is -2.59. The molecular weight excluding hydrogens is 542 g/mol. The Balaban J connectivity index is 1.60. The summed E-state index contributed by atoms with van der Waals surface area (Å²) in [6, 6.07) is 19.7. The minimum Gasteiger partial charge on any atom is -0.486 e. The lowest BCUT2D eigenvalue weighted by Gasteiger charge is -2.11. The van der Waals surface area contributed by atoms with Gasteiger partial charge in [0.25, 0.3) is 0 Å². The predicted molar refractivity (Wildman–Crippen MR) is 132 cm³/mol. The fraction of sp³-hybridized carbons (Fsp3) is 0.0833. The van der Waals surface area contributed by atoms with Gasteiger partial charge in [-0.15, -0.1) is 0 Å². The number of aryl methyl sites for hydroxylation is 1. The third-order valence-corrected chi connectivity index (χ3v) is 6.04. The van der Waals surface area contributed by atoms with Crippen molar-refractivity contribution in [2.75, 3.05) is 0 Å². The number of aromatic nitrogens is 2. The van der Waals surface area contributed by atoms with Gasteiger partial charge in [0.2, 0.25) is 0 Å². The summed E-state index contributed by atoms with van der Waals surface area (Å²) >= 11 is 13.4. The average Bonchev–Trinajstić information content (AvgIpc) is 3.15. The first-order chi connectivity index (χ1) is 14.9. The molecule has 4 aromatic rings. The second-order valence-electron chi connectivity index (χ2n) is 7.00. The monoisotopic (exact) mass is 555 g/mol. The number of allylic oxidation sites excluding steroid dienone is 1. The largest absolute Gasteiger partial charge is 0.486 e. The molecule has 0 radical (unpaired) electrons. The van der Waals surface area contributed by atoms with Gasteiger partial charge in [-0.3, -0.25) is 0 Å². The first kappa shape index (κ1) is 21.6. The zero-order valence-electron chi connectivity index (χ0n) is 16.4. The Morgan fingerprint density at radius 1 is 1.16 bits per heavy atom. The molecule has 0 unspecified atom stereocenters. The molecule has 0 bridgehead atoms. The quantitative estimate of drug-likeness (QED) is 0.256. The second-order valence-corrected chi connectivity index (χ2v) is 9.18. The van der Waals surface area contributed by atoms with Gasteiger partial charge < -0.3 is 9.72 Å². The Kier molecular flexibility index (Phi) is 6.47. The summed E-state index contributed by atoms with van der Waals surface area (Å²) in [5.74, 6) is 1.07. The van der Waals surface area contributed by atoms with Gasteiger partial charge >= 0.3 is 0 Å². The summed E-state index contributed by atoms with van der Waals surface area (Å²) in [6.45, 7) is 2.41. The summed E-state index contributed by atoms with van der Waals surface area (Å²) in [7, 11) is 0. The van der Waals surface area contributed by atoms with E-state index in [0.717, 1.165) is 32.2 Å². The molecule has 0 fully saturated rings. The standard InChI is InChI=1S/C24H16Br2ClN3O/c1-14-2-7-21-22(8-14)30-24(29-21)17(12-28)9-16-10-19(26)23(20(27)11-16)31-13-15-3-5-18(25)6-4-15/h2-11H,13H2,1H3,(H,29,30)/b17-9-. The van der Waals surface area contributed by atoms with E-state index in [1.165, 1.54) is 0 Å². The van der Waals surface area contributed by atoms with E-state index in [4.69, 9.17) is 16.3 Å². The number of benzene rings is 3. The zero-order chi connectivity index (χ0) is 22.0. The maximum Gasteiger partial charge on any atom is 0.152 e. The lowest BCUT2D eigenvalue weighted by molar-refractivity contribution is 0.304. The SMILES string of the molecule is Cc1ccc2nc(/C(C#N)=C\c3cc(Cl)c(OCc4ccc(Br)cc4)c(Br)c3)[nH]c2c1. The normalized spacial score (nSPS) is 11.5. The van der Waals surface area contributed by atoms with Crippen LogP contribution in [0.15, 0.2) is 63.5 Å². The number of rotatable bonds is 5. The van der Waals surface area contributed by atoms with Crippen LogP contribution in [0.4, 0.5) is 0 Å². The number of hydrogen-bond donors (Lipinski definition) is 1. The number of ether oxygens (including phenoxy) is 1. The smallest absolute Gasteiger partial charge is 0.152 e. The molecule has 0 saturated heterocycles. The molecule has 0 atom stereocenters. The predicted octanol–water partition coefficient (Wildman–Crippen LogP) is 7.69. The van der Waals surface area contributed by atoms with Crippen LogP contribution in [0.25, 0.3) is 22.7 Å².